The predicted molar refractivity (Wildman–Crippen MR) is 64.0 cm³/mol. The number of amides is 1. The summed E-state index contributed by atoms with van der Waals surface area (Å²) in [5, 5.41) is 5.33. The van der Waals surface area contributed by atoms with Gasteiger partial charge in [-0.05, 0) is 25.3 Å². The first kappa shape index (κ1) is 12.2. The smallest absolute Gasteiger partial charge is 0.238 e. The third-order valence-electron chi connectivity index (χ3n) is 2.28. The quantitative estimate of drug-likeness (QED) is 0.850. The topological polar surface area (TPSA) is 32.3 Å². The van der Waals surface area contributed by atoms with Gasteiger partial charge in [0.1, 0.15) is 0 Å². The molecule has 0 aliphatic rings. The number of hydrogen-bond donors (Lipinski definition) is 1. The molecule has 1 rings (SSSR count). The summed E-state index contributed by atoms with van der Waals surface area (Å²) in [7, 11) is 3.55. The summed E-state index contributed by atoms with van der Waals surface area (Å²) >= 11 is 1.71. The first-order valence-electron chi connectivity index (χ1n) is 5.03. The van der Waals surface area contributed by atoms with Gasteiger partial charge in [0.2, 0.25) is 5.91 Å². The zero-order chi connectivity index (χ0) is 11.4. The SMILES string of the molecule is CC(NC(C)c1cccs1)C(=O)N(C)C. The van der Waals surface area contributed by atoms with E-state index in [2.05, 4.69) is 18.3 Å². The van der Waals surface area contributed by atoms with E-state index in [-0.39, 0.29) is 18.0 Å². The molecule has 1 N–H and O–H groups in total. The molecular formula is C11H18N2OS. The zero-order valence-electron chi connectivity index (χ0n) is 9.65. The van der Waals surface area contributed by atoms with Gasteiger partial charge in [-0.3, -0.25) is 10.1 Å². The lowest BCUT2D eigenvalue weighted by Crippen LogP contribution is -2.42. The molecule has 15 heavy (non-hydrogen) atoms. The minimum atomic E-state index is -0.142. The van der Waals surface area contributed by atoms with Crippen LogP contribution in [0.5, 0.6) is 0 Å². The van der Waals surface area contributed by atoms with Crippen molar-refractivity contribution < 1.29 is 4.79 Å². The molecule has 0 radical (unpaired) electrons. The Bertz CT molecular complexity index is 308. The first-order valence-corrected chi connectivity index (χ1v) is 5.91. The Balaban J connectivity index is 2.52. The molecule has 2 atom stereocenters. The Kier molecular flexibility index (Phi) is 4.29. The van der Waals surface area contributed by atoms with Crippen LogP contribution in [0.25, 0.3) is 0 Å². The maximum Gasteiger partial charge on any atom is 0.238 e. The standard InChI is InChI=1S/C11H18N2OS/c1-8(10-6-5-7-15-10)12-9(2)11(14)13(3)4/h5-9,12H,1-4H3. The van der Waals surface area contributed by atoms with Crippen molar-refractivity contribution in [1.82, 2.24) is 10.2 Å². The van der Waals surface area contributed by atoms with Gasteiger partial charge in [-0.25, -0.2) is 0 Å². The monoisotopic (exact) mass is 226 g/mol. The Morgan fingerprint density at radius 3 is 2.60 bits per heavy atom. The fourth-order valence-corrected chi connectivity index (χ4v) is 2.20. The Morgan fingerprint density at radius 2 is 2.13 bits per heavy atom. The predicted octanol–water partition coefficient (Wildman–Crippen LogP) is 1.88. The van der Waals surface area contributed by atoms with E-state index >= 15 is 0 Å². The molecule has 1 heterocycles. The molecule has 0 aromatic carbocycles. The van der Waals surface area contributed by atoms with Gasteiger partial charge in [-0.1, -0.05) is 6.07 Å². The molecular weight excluding hydrogens is 208 g/mol. The third-order valence-corrected chi connectivity index (χ3v) is 3.34. The van der Waals surface area contributed by atoms with E-state index in [1.807, 2.05) is 18.4 Å². The highest BCUT2D eigenvalue weighted by Gasteiger charge is 2.17. The Morgan fingerprint density at radius 1 is 1.47 bits per heavy atom. The summed E-state index contributed by atoms with van der Waals surface area (Å²) < 4.78 is 0. The summed E-state index contributed by atoms with van der Waals surface area (Å²) in [6.07, 6.45) is 0. The van der Waals surface area contributed by atoms with Crippen LogP contribution in [0.15, 0.2) is 17.5 Å². The molecule has 0 aliphatic heterocycles. The average Bonchev–Trinajstić information content (AvgIpc) is 2.68. The molecule has 3 nitrogen and oxygen atoms in total. The first-order chi connectivity index (χ1) is 7.02. The van der Waals surface area contributed by atoms with Crippen molar-refractivity contribution in [2.75, 3.05) is 14.1 Å². The largest absolute Gasteiger partial charge is 0.347 e. The van der Waals surface area contributed by atoms with Crippen molar-refractivity contribution in [3.05, 3.63) is 22.4 Å². The van der Waals surface area contributed by atoms with Crippen molar-refractivity contribution >= 4 is 17.2 Å². The molecule has 0 saturated carbocycles. The lowest BCUT2D eigenvalue weighted by molar-refractivity contribution is -0.130. The molecule has 1 aromatic rings. The maximum absolute atomic E-state index is 11.6. The van der Waals surface area contributed by atoms with Crippen LogP contribution < -0.4 is 5.32 Å². The van der Waals surface area contributed by atoms with Gasteiger partial charge in [0.15, 0.2) is 0 Å². The van der Waals surface area contributed by atoms with Crippen LogP contribution in [-0.2, 0) is 4.79 Å². The van der Waals surface area contributed by atoms with E-state index < -0.39 is 0 Å². The Labute approximate surface area is 95.1 Å². The van der Waals surface area contributed by atoms with E-state index in [9.17, 15) is 4.79 Å². The molecule has 2 unspecified atom stereocenters. The number of nitrogens with one attached hydrogen (secondary N) is 1. The van der Waals surface area contributed by atoms with Crippen LogP contribution in [0.3, 0.4) is 0 Å². The molecule has 0 fully saturated rings. The molecule has 1 aromatic heterocycles. The molecule has 0 bridgehead atoms. The summed E-state index contributed by atoms with van der Waals surface area (Å²) in [6.45, 7) is 3.97. The van der Waals surface area contributed by atoms with Gasteiger partial charge in [0.05, 0.1) is 6.04 Å². The highest BCUT2D eigenvalue weighted by molar-refractivity contribution is 7.10. The van der Waals surface area contributed by atoms with Gasteiger partial charge in [-0.2, -0.15) is 0 Å². The summed E-state index contributed by atoms with van der Waals surface area (Å²) in [5.41, 5.74) is 0. The van der Waals surface area contributed by atoms with Crippen LogP contribution in [0.1, 0.15) is 24.8 Å². The van der Waals surface area contributed by atoms with Crippen molar-refractivity contribution in [2.45, 2.75) is 25.9 Å². The molecule has 84 valence electrons. The molecule has 0 saturated heterocycles. The summed E-state index contributed by atoms with van der Waals surface area (Å²) in [4.78, 5) is 14.5. The minimum absolute atomic E-state index is 0.110. The van der Waals surface area contributed by atoms with E-state index in [0.717, 1.165) is 0 Å². The highest BCUT2D eigenvalue weighted by atomic mass is 32.1. The fraction of sp³-hybridized carbons (Fsp3) is 0.545. The number of nitrogens with zero attached hydrogens (tertiary/aromatic N) is 1. The number of carbonyl (C=O) groups is 1. The zero-order valence-corrected chi connectivity index (χ0v) is 10.5. The Hall–Kier alpha value is -0.870. The van der Waals surface area contributed by atoms with Gasteiger partial charge >= 0.3 is 0 Å². The lowest BCUT2D eigenvalue weighted by atomic mass is 10.2. The van der Waals surface area contributed by atoms with Crippen LogP contribution in [0, 0.1) is 0 Å². The lowest BCUT2D eigenvalue weighted by Gasteiger charge is -2.21. The second-order valence-electron chi connectivity index (χ2n) is 3.86. The summed E-state index contributed by atoms with van der Waals surface area (Å²) in [5.74, 6) is 0.110. The van der Waals surface area contributed by atoms with E-state index in [4.69, 9.17) is 0 Å². The van der Waals surface area contributed by atoms with Gasteiger partial charge in [0, 0.05) is 25.0 Å². The van der Waals surface area contributed by atoms with Gasteiger partial charge in [0.25, 0.3) is 0 Å². The molecule has 0 aliphatic carbocycles. The fourth-order valence-electron chi connectivity index (χ4n) is 1.45. The number of likely N-dealkylation sites (N-methyl/N-ethyl adjacent to an activating group) is 1. The number of carbonyl (C=O) groups excluding carboxylic acids is 1. The molecule has 0 spiro atoms. The van der Waals surface area contributed by atoms with Crippen molar-refractivity contribution in [3.63, 3.8) is 0 Å². The average molecular weight is 226 g/mol. The minimum Gasteiger partial charge on any atom is -0.347 e. The van der Waals surface area contributed by atoms with Crippen LogP contribution >= 0.6 is 11.3 Å². The summed E-state index contributed by atoms with van der Waals surface area (Å²) in [6, 6.07) is 4.19. The van der Waals surface area contributed by atoms with Crippen molar-refractivity contribution in [1.29, 1.82) is 0 Å². The van der Waals surface area contributed by atoms with Crippen LogP contribution in [0.4, 0.5) is 0 Å². The highest BCUT2D eigenvalue weighted by Crippen LogP contribution is 2.18. The normalized spacial score (nSPS) is 14.7. The third kappa shape index (κ3) is 3.32. The number of hydrogen-bond acceptors (Lipinski definition) is 3. The van der Waals surface area contributed by atoms with Crippen molar-refractivity contribution in [2.24, 2.45) is 0 Å². The van der Waals surface area contributed by atoms with E-state index in [1.165, 1.54) is 4.88 Å². The number of thiophene rings is 1. The van der Waals surface area contributed by atoms with Crippen molar-refractivity contribution in [3.8, 4) is 0 Å². The van der Waals surface area contributed by atoms with Gasteiger partial charge in [-0.15, -0.1) is 11.3 Å². The second kappa shape index (κ2) is 5.28. The molecule has 4 heteroatoms. The van der Waals surface area contributed by atoms with E-state index in [0.29, 0.717) is 0 Å². The van der Waals surface area contributed by atoms with E-state index in [1.54, 1.807) is 30.3 Å². The van der Waals surface area contributed by atoms with Crippen LogP contribution in [0.2, 0.25) is 0 Å². The maximum atomic E-state index is 11.6. The van der Waals surface area contributed by atoms with Gasteiger partial charge < -0.3 is 4.90 Å². The number of rotatable bonds is 4. The second-order valence-corrected chi connectivity index (χ2v) is 4.84. The van der Waals surface area contributed by atoms with Crippen LogP contribution in [-0.4, -0.2) is 30.9 Å². The molecule has 1 amide bonds.